The lowest BCUT2D eigenvalue weighted by Gasteiger charge is -2.38. The maximum Gasteiger partial charge on any atom is 0.244 e. The largest absolute Gasteiger partial charge is 0.323 e. The van der Waals surface area contributed by atoms with E-state index in [9.17, 15) is 14.4 Å². The average molecular weight is 311 g/mol. The number of carbonyl (C=O) groups excluding carboxylic acids is 3. The molecule has 0 spiro atoms. The van der Waals surface area contributed by atoms with Crippen LogP contribution in [0.4, 0.5) is 5.69 Å². The van der Waals surface area contributed by atoms with Gasteiger partial charge in [-0.1, -0.05) is 12.2 Å². The van der Waals surface area contributed by atoms with Gasteiger partial charge in [0.2, 0.25) is 17.7 Å². The third kappa shape index (κ3) is 2.25. The standard InChI is InChI=1S/C17H17N3O3/c21-13(19-12-2-1-7-18-8-12)9-20-16(22)14-10-3-4-11(6-5-10)15(14)17(20)23/h1-4,7-8,10-11,14-15H,5-6,9H2,(H,19,21)/t10-,11-,14+,15+/m0/s1. The number of likely N-dealkylation sites (tertiary alicyclic amines) is 1. The molecule has 0 radical (unpaired) electrons. The van der Waals surface area contributed by atoms with Crippen molar-refractivity contribution in [1.82, 2.24) is 9.88 Å². The quantitative estimate of drug-likeness (QED) is 0.672. The highest BCUT2D eigenvalue weighted by Crippen LogP contribution is 2.49. The fourth-order valence-electron chi connectivity index (χ4n) is 4.07. The number of imide groups is 1. The highest BCUT2D eigenvalue weighted by Gasteiger charge is 2.56. The third-order valence-electron chi connectivity index (χ3n) is 5.10. The summed E-state index contributed by atoms with van der Waals surface area (Å²) < 4.78 is 0. The van der Waals surface area contributed by atoms with E-state index in [0.29, 0.717) is 5.69 Å². The lowest BCUT2D eigenvalue weighted by atomic mass is 9.63. The summed E-state index contributed by atoms with van der Waals surface area (Å²) in [7, 11) is 0. The van der Waals surface area contributed by atoms with Gasteiger partial charge >= 0.3 is 0 Å². The van der Waals surface area contributed by atoms with Gasteiger partial charge in [-0.05, 0) is 36.8 Å². The van der Waals surface area contributed by atoms with Crippen LogP contribution in [0.1, 0.15) is 12.8 Å². The number of hydrogen-bond donors (Lipinski definition) is 1. The molecule has 5 rings (SSSR count). The number of hydrogen-bond acceptors (Lipinski definition) is 4. The van der Waals surface area contributed by atoms with E-state index in [0.717, 1.165) is 17.7 Å². The summed E-state index contributed by atoms with van der Waals surface area (Å²) in [5.41, 5.74) is 0.552. The third-order valence-corrected chi connectivity index (χ3v) is 5.10. The first-order valence-electron chi connectivity index (χ1n) is 7.88. The van der Waals surface area contributed by atoms with Gasteiger partial charge in [-0.3, -0.25) is 24.3 Å². The molecule has 2 fully saturated rings. The van der Waals surface area contributed by atoms with E-state index in [2.05, 4.69) is 22.5 Å². The van der Waals surface area contributed by atoms with Crippen molar-refractivity contribution in [3.8, 4) is 0 Å². The van der Waals surface area contributed by atoms with Crippen LogP contribution in [0.15, 0.2) is 36.7 Å². The number of amides is 3. The van der Waals surface area contributed by atoms with Crippen LogP contribution in [0.2, 0.25) is 0 Å². The molecular weight excluding hydrogens is 294 g/mol. The van der Waals surface area contributed by atoms with Crippen LogP contribution in [-0.4, -0.2) is 34.2 Å². The Morgan fingerprint density at radius 2 is 1.83 bits per heavy atom. The van der Waals surface area contributed by atoms with Crippen LogP contribution < -0.4 is 5.32 Å². The zero-order valence-corrected chi connectivity index (χ0v) is 12.5. The van der Waals surface area contributed by atoms with Crippen LogP contribution in [0.5, 0.6) is 0 Å². The monoisotopic (exact) mass is 311 g/mol. The molecule has 4 aliphatic rings. The minimum absolute atomic E-state index is 0.146. The second kappa shape index (κ2) is 5.30. The van der Waals surface area contributed by atoms with Gasteiger partial charge in [-0.15, -0.1) is 0 Å². The van der Waals surface area contributed by atoms with Crippen molar-refractivity contribution in [2.24, 2.45) is 23.7 Å². The molecule has 23 heavy (non-hydrogen) atoms. The molecule has 3 amide bonds. The fourth-order valence-corrected chi connectivity index (χ4v) is 4.07. The van der Waals surface area contributed by atoms with E-state index >= 15 is 0 Å². The molecular formula is C17H17N3O3. The van der Waals surface area contributed by atoms with Gasteiger partial charge in [-0.25, -0.2) is 0 Å². The lowest BCUT2D eigenvalue weighted by molar-refractivity contribution is -0.142. The number of rotatable bonds is 3. The molecule has 1 saturated heterocycles. The number of nitrogens with zero attached hydrogens (tertiary/aromatic N) is 2. The molecule has 2 heterocycles. The number of nitrogens with one attached hydrogen (secondary N) is 1. The maximum absolute atomic E-state index is 12.6. The molecule has 1 saturated carbocycles. The fraction of sp³-hybridized carbons (Fsp3) is 0.412. The van der Waals surface area contributed by atoms with Crippen LogP contribution >= 0.6 is 0 Å². The molecule has 1 aliphatic heterocycles. The van der Waals surface area contributed by atoms with Crippen molar-refractivity contribution in [1.29, 1.82) is 0 Å². The molecule has 4 atom stereocenters. The molecule has 0 aromatic carbocycles. The smallest absolute Gasteiger partial charge is 0.244 e. The van der Waals surface area contributed by atoms with E-state index < -0.39 is 0 Å². The van der Waals surface area contributed by atoms with Crippen molar-refractivity contribution in [2.75, 3.05) is 11.9 Å². The molecule has 1 aromatic rings. The first-order valence-corrected chi connectivity index (χ1v) is 7.88. The molecule has 1 N–H and O–H groups in total. The second-order valence-corrected chi connectivity index (χ2v) is 6.39. The molecule has 0 unspecified atom stereocenters. The first kappa shape index (κ1) is 14.1. The molecule has 6 heteroatoms. The highest BCUT2D eigenvalue weighted by molar-refractivity contribution is 6.09. The van der Waals surface area contributed by atoms with Gasteiger partial charge in [0.05, 0.1) is 23.7 Å². The Labute approximate surface area is 133 Å². The average Bonchev–Trinajstić information content (AvgIpc) is 2.84. The van der Waals surface area contributed by atoms with Gasteiger partial charge in [0.15, 0.2) is 0 Å². The predicted molar refractivity (Wildman–Crippen MR) is 81.9 cm³/mol. The first-order chi connectivity index (χ1) is 11.1. The van der Waals surface area contributed by atoms with E-state index in [4.69, 9.17) is 0 Å². The summed E-state index contributed by atoms with van der Waals surface area (Å²) >= 11 is 0. The van der Waals surface area contributed by atoms with E-state index in [1.165, 1.54) is 6.20 Å². The number of allylic oxidation sites excluding steroid dienone is 2. The minimum atomic E-state index is -0.376. The van der Waals surface area contributed by atoms with Gasteiger partial charge in [0.1, 0.15) is 6.54 Å². The maximum atomic E-state index is 12.6. The molecule has 1 aromatic heterocycles. The zero-order valence-electron chi connectivity index (χ0n) is 12.5. The van der Waals surface area contributed by atoms with Crippen molar-refractivity contribution in [2.45, 2.75) is 12.8 Å². The van der Waals surface area contributed by atoms with Crippen molar-refractivity contribution >= 4 is 23.4 Å². The van der Waals surface area contributed by atoms with E-state index in [-0.39, 0.29) is 47.9 Å². The summed E-state index contributed by atoms with van der Waals surface area (Å²) in [6, 6.07) is 3.42. The van der Waals surface area contributed by atoms with Gasteiger partial charge in [0, 0.05) is 6.20 Å². The molecule has 2 bridgehead atoms. The Balaban J connectivity index is 1.49. The number of aromatic nitrogens is 1. The lowest BCUT2D eigenvalue weighted by Crippen LogP contribution is -2.38. The zero-order chi connectivity index (χ0) is 16.0. The van der Waals surface area contributed by atoms with Crippen LogP contribution in [-0.2, 0) is 14.4 Å². The number of fused-ring (bicyclic) bond motifs is 1. The Kier molecular flexibility index (Phi) is 3.25. The van der Waals surface area contributed by atoms with Gasteiger partial charge in [-0.2, -0.15) is 0 Å². The summed E-state index contributed by atoms with van der Waals surface area (Å²) in [5.74, 6) is -1.00. The topological polar surface area (TPSA) is 79.4 Å². The summed E-state index contributed by atoms with van der Waals surface area (Å²) in [4.78, 5) is 42.4. The minimum Gasteiger partial charge on any atom is -0.323 e. The Morgan fingerprint density at radius 3 is 2.35 bits per heavy atom. The summed E-state index contributed by atoms with van der Waals surface area (Å²) in [5, 5.41) is 2.67. The van der Waals surface area contributed by atoms with Crippen LogP contribution in [0.25, 0.3) is 0 Å². The van der Waals surface area contributed by atoms with E-state index in [1.807, 2.05) is 0 Å². The van der Waals surface area contributed by atoms with Crippen LogP contribution in [0, 0.1) is 23.7 Å². The van der Waals surface area contributed by atoms with Crippen molar-refractivity contribution < 1.29 is 14.4 Å². The Hall–Kier alpha value is -2.50. The van der Waals surface area contributed by atoms with Crippen LogP contribution in [0.3, 0.4) is 0 Å². The second-order valence-electron chi connectivity index (χ2n) is 6.39. The van der Waals surface area contributed by atoms with Gasteiger partial charge in [0.25, 0.3) is 0 Å². The summed E-state index contributed by atoms with van der Waals surface area (Å²) in [6.07, 6.45) is 9.18. The summed E-state index contributed by atoms with van der Waals surface area (Å²) in [6.45, 7) is -0.223. The number of anilines is 1. The molecule has 6 nitrogen and oxygen atoms in total. The predicted octanol–water partition coefficient (Wildman–Crippen LogP) is 1.22. The Bertz CT molecular complexity index is 668. The highest BCUT2D eigenvalue weighted by atomic mass is 16.2. The van der Waals surface area contributed by atoms with Gasteiger partial charge < -0.3 is 5.32 Å². The van der Waals surface area contributed by atoms with Crippen molar-refractivity contribution in [3.63, 3.8) is 0 Å². The molecule has 3 aliphatic carbocycles. The normalized spacial score (nSPS) is 31.4. The number of pyridine rings is 1. The molecule has 118 valence electrons. The van der Waals surface area contributed by atoms with Crippen molar-refractivity contribution in [3.05, 3.63) is 36.7 Å². The number of carbonyl (C=O) groups is 3. The van der Waals surface area contributed by atoms with E-state index in [1.54, 1.807) is 18.3 Å². The SMILES string of the molecule is O=C(CN1C(=O)[C@H]2[C@H](C1=O)[C@H]1C=C[C@H]2CC1)Nc1cccnc1. The Morgan fingerprint density at radius 1 is 1.17 bits per heavy atom.